The van der Waals surface area contributed by atoms with Gasteiger partial charge in [0.05, 0.1) is 19.8 Å². The minimum absolute atomic E-state index is 0.0262. The number of halogens is 1. The molecule has 22 heavy (non-hydrogen) atoms. The first-order valence-corrected chi connectivity index (χ1v) is 8.76. The summed E-state index contributed by atoms with van der Waals surface area (Å²) in [5, 5.41) is 3.05. The van der Waals surface area contributed by atoms with Gasteiger partial charge in [-0.05, 0) is 43.5 Å². The molecule has 1 aliphatic rings. The van der Waals surface area contributed by atoms with Crippen LogP contribution in [0.15, 0.2) is 10.5 Å². The molecule has 0 bridgehead atoms. The van der Waals surface area contributed by atoms with Gasteiger partial charge in [0, 0.05) is 23.0 Å². The third kappa shape index (κ3) is 4.31. The molecule has 1 fully saturated rings. The normalized spacial score (nSPS) is 15.8. The SMILES string of the molecule is Cc1c(Br)cc(C(=O)NCCC[NH+]2CCOCC2)c(C)c1C. The zero-order valence-electron chi connectivity index (χ0n) is 13.7. The molecule has 0 saturated carbocycles. The van der Waals surface area contributed by atoms with Gasteiger partial charge >= 0.3 is 0 Å². The Hall–Kier alpha value is -0.910. The molecule has 2 rings (SSSR count). The Bertz CT molecular complexity index is 540. The molecule has 1 aliphatic heterocycles. The van der Waals surface area contributed by atoms with Crippen LogP contribution < -0.4 is 10.2 Å². The van der Waals surface area contributed by atoms with Crippen LogP contribution in [0.2, 0.25) is 0 Å². The van der Waals surface area contributed by atoms with E-state index in [4.69, 9.17) is 4.74 Å². The summed E-state index contributed by atoms with van der Waals surface area (Å²) in [6, 6.07) is 1.93. The van der Waals surface area contributed by atoms with Crippen LogP contribution in [0.25, 0.3) is 0 Å². The maximum absolute atomic E-state index is 12.4. The number of hydrogen-bond donors (Lipinski definition) is 2. The van der Waals surface area contributed by atoms with Crippen molar-refractivity contribution in [2.24, 2.45) is 0 Å². The van der Waals surface area contributed by atoms with E-state index in [0.717, 1.165) is 61.4 Å². The molecular weight excluding hydrogens is 344 g/mol. The highest BCUT2D eigenvalue weighted by Crippen LogP contribution is 2.25. The van der Waals surface area contributed by atoms with Gasteiger partial charge in [0.1, 0.15) is 13.1 Å². The predicted octanol–water partition coefficient (Wildman–Crippen LogP) is 1.41. The average molecular weight is 370 g/mol. The smallest absolute Gasteiger partial charge is 0.251 e. The number of ether oxygens (including phenoxy) is 1. The third-order valence-corrected chi connectivity index (χ3v) is 5.42. The number of nitrogens with one attached hydrogen (secondary N) is 2. The number of amides is 1. The molecule has 0 aromatic heterocycles. The standard InChI is InChI=1S/C17H25BrN2O2/c1-12-13(2)15(11-16(18)14(12)3)17(21)19-5-4-6-20-7-9-22-10-8-20/h11H,4-10H2,1-3H3,(H,19,21)/p+1. The van der Waals surface area contributed by atoms with Crippen LogP contribution in [-0.4, -0.2) is 45.3 Å². The van der Waals surface area contributed by atoms with Crippen molar-refractivity contribution in [1.29, 1.82) is 0 Å². The summed E-state index contributed by atoms with van der Waals surface area (Å²) in [4.78, 5) is 13.9. The van der Waals surface area contributed by atoms with Crippen molar-refractivity contribution >= 4 is 21.8 Å². The average Bonchev–Trinajstić information content (AvgIpc) is 2.53. The summed E-state index contributed by atoms with van der Waals surface area (Å²) in [5.41, 5.74) is 4.22. The molecule has 1 heterocycles. The summed E-state index contributed by atoms with van der Waals surface area (Å²) < 4.78 is 6.35. The minimum Gasteiger partial charge on any atom is -0.370 e. The Kier molecular flexibility index (Phi) is 6.41. The van der Waals surface area contributed by atoms with Gasteiger partial charge in [-0.15, -0.1) is 0 Å². The Morgan fingerprint density at radius 3 is 2.59 bits per heavy atom. The summed E-state index contributed by atoms with van der Waals surface area (Å²) in [7, 11) is 0. The first-order chi connectivity index (χ1) is 10.5. The lowest BCUT2D eigenvalue weighted by Gasteiger charge is -2.23. The monoisotopic (exact) mass is 369 g/mol. The lowest BCUT2D eigenvalue weighted by molar-refractivity contribution is -0.908. The van der Waals surface area contributed by atoms with Crippen molar-refractivity contribution in [3.63, 3.8) is 0 Å². The van der Waals surface area contributed by atoms with E-state index in [1.807, 2.05) is 13.0 Å². The van der Waals surface area contributed by atoms with E-state index in [9.17, 15) is 4.79 Å². The fraction of sp³-hybridized carbons (Fsp3) is 0.588. The van der Waals surface area contributed by atoms with E-state index in [2.05, 4.69) is 35.1 Å². The largest absolute Gasteiger partial charge is 0.370 e. The van der Waals surface area contributed by atoms with Crippen LogP contribution in [0.4, 0.5) is 0 Å². The molecule has 0 atom stereocenters. The molecule has 5 heteroatoms. The van der Waals surface area contributed by atoms with Gasteiger partial charge in [-0.1, -0.05) is 15.9 Å². The minimum atomic E-state index is 0.0262. The molecule has 0 radical (unpaired) electrons. The van der Waals surface area contributed by atoms with Gasteiger partial charge < -0.3 is 15.0 Å². The molecule has 2 N–H and O–H groups in total. The maximum atomic E-state index is 12.4. The summed E-state index contributed by atoms with van der Waals surface area (Å²) in [5.74, 6) is 0.0262. The molecule has 122 valence electrons. The number of quaternary nitrogens is 1. The van der Waals surface area contributed by atoms with Crippen molar-refractivity contribution in [2.45, 2.75) is 27.2 Å². The number of carbonyl (C=O) groups is 1. The van der Waals surface area contributed by atoms with Crippen LogP contribution in [0.5, 0.6) is 0 Å². The first-order valence-electron chi connectivity index (χ1n) is 7.96. The second-order valence-electron chi connectivity index (χ2n) is 6.00. The molecule has 4 nitrogen and oxygen atoms in total. The van der Waals surface area contributed by atoms with Crippen molar-refractivity contribution < 1.29 is 14.4 Å². The molecule has 1 aromatic rings. The number of hydrogen-bond acceptors (Lipinski definition) is 2. The maximum Gasteiger partial charge on any atom is 0.251 e. The van der Waals surface area contributed by atoms with Crippen LogP contribution in [0.3, 0.4) is 0 Å². The second kappa shape index (κ2) is 8.09. The van der Waals surface area contributed by atoms with Crippen molar-refractivity contribution in [1.82, 2.24) is 5.32 Å². The number of benzene rings is 1. The fourth-order valence-corrected chi connectivity index (χ4v) is 3.31. The van der Waals surface area contributed by atoms with Crippen molar-refractivity contribution in [3.05, 3.63) is 32.8 Å². The third-order valence-electron chi connectivity index (χ3n) is 4.60. The second-order valence-corrected chi connectivity index (χ2v) is 6.86. The van der Waals surface area contributed by atoms with Gasteiger partial charge in [-0.25, -0.2) is 0 Å². The number of carbonyl (C=O) groups excluding carboxylic acids is 1. The Morgan fingerprint density at radius 2 is 1.91 bits per heavy atom. The zero-order valence-corrected chi connectivity index (χ0v) is 15.3. The Morgan fingerprint density at radius 1 is 1.23 bits per heavy atom. The molecular formula is C17H26BrN2O2+. The lowest BCUT2D eigenvalue weighted by Crippen LogP contribution is -3.14. The highest BCUT2D eigenvalue weighted by molar-refractivity contribution is 9.10. The van der Waals surface area contributed by atoms with Crippen molar-refractivity contribution in [3.8, 4) is 0 Å². The van der Waals surface area contributed by atoms with E-state index in [1.165, 1.54) is 11.1 Å². The molecule has 0 spiro atoms. The summed E-state index contributed by atoms with van der Waals surface area (Å²) in [6.45, 7) is 11.9. The Balaban J connectivity index is 1.85. The highest BCUT2D eigenvalue weighted by atomic mass is 79.9. The van der Waals surface area contributed by atoms with E-state index in [-0.39, 0.29) is 5.91 Å². The lowest BCUT2D eigenvalue weighted by atomic mass is 9.98. The molecule has 0 aliphatic carbocycles. The van der Waals surface area contributed by atoms with E-state index < -0.39 is 0 Å². The van der Waals surface area contributed by atoms with E-state index in [1.54, 1.807) is 4.90 Å². The van der Waals surface area contributed by atoms with Crippen LogP contribution in [0.1, 0.15) is 33.5 Å². The predicted molar refractivity (Wildman–Crippen MR) is 91.7 cm³/mol. The first kappa shape index (κ1) is 17.4. The van der Waals surface area contributed by atoms with Gasteiger partial charge in [0.2, 0.25) is 0 Å². The van der Waals surface area contributed by atoms with E-state index in [0.29, 0.717) is 0 Å². The quantitative estimate of drug-likeness (QED) is 0.770. The molecule has 1 amide bonds. The molecule has 1 aromatic carbocycles. The van der Waals surface area contributed by atoms with Gasteiger partial charge in [-0.2, -0.15) is 0 Å². The van der Waals surface area contributed by atoms with Gasteiger partial charge in [0.25, 0.3) is 5.91 Å². The van der Waals surface area contributed by atoms with Crippen molar-refractivity contribution in [2.75, 3.05) is 39.4 Å². The van der Waals surface area contributed by atoms with E-state index >= 15 is 0 Å². The molecule has 1 saturated heterocycles. The fourth-order valence-electron chi connectivity index (χ4n) is 2.79. The van der Waals surface area contributed by atoms with Gasteiger partial charge in [0.15, 0.2) is 0 Å². The highest BCUT2D eigenvalue weighted by Gasteiger charge is 2.15. The van der Waals surface area contributed by atoms with Gasteiger partial charge in [-0.3, -0.25) is 4.79 Å². The number of rotatable bonds is 5. The molecule has 0 unspecified atom stereocenters. The summed E-state index contributed by atoms with van der Waals surface area (Å²) in [6.07, 6.45) is 1.01. The zero-order chi connectivity index (χ0) is 16.1. The topological polar surface area (TPSA) is 42.8 Å². The number of morpholine rings is 1. The van der Waals surface area contributed by atoms with Crippen LogP contribution in [0, 0.1) is 20.8 Å². The summed E-state index contributed by atoms with van der Waals surface area (Å²) >= 11 is 3.54. The Labute approximate surface area is 141 Å². The van der Waals surface area contributed by atoms with Crippen LogP contribution >= 0.6 is 15.9 Å². The van der Waals surface area contributed by atoms with Crippen LogP contribution in [-0.2, 0) is 4.74 Å².